The molecule has 4 nitrogen and oxygen atoms in total. The lowest BCUT2D eigenvalue weighted by molar-refractivity contribution is -0.141. The van der Waals surface area contributed by atoms with Crippen LogP contribution in [0.2, 0.25) is 0 Å². The van der Waals surface area contributed by atoms with Crippen LogP contribution in [0.15, 0.2) is 54.6 Å². The van der Waals surface area contributed by atoms with Crippen molar-refractivity contribution in [3.63, 3.8) is 0 Å². The molecular formula is C22H26N2O2. The average Bonchev–Trinajstić information content (AvgIpc) is 2.67. The summed E-state index contributed by atoms with van der Waals surface area (Å²) < 4.78 is 0. The van der Waals surface area contributed by atoms with E-state index < -0.39 is 0 Å². The number of fused-ring (bicyclic) bond motifs is 1. The number of carbonyl (C=O) groups is 2. The number of aryl methyl sites for hydroxylation is 1. The number of hydrogen-bond acceptors (Lipinski definition) is 2. The number of benzene rings is 2. The van der Waals surface area contributed by atoms with Crippen molar-refractivity contribution in [2.45, 2.75) is 32.2 Å². The third-order valence-electron chi connectivity index (χ3n) is 5.18. The van der Waals surface area contributed by atoms with Crippen LogP contribution < -0.4 is 0 Å². The zero-order valence-corrected chi connectivity index (χ0v) is 15.5. The summed E-state index contributed by atoms with van der Waals surface area (Å²) in [6, 6.07) is 18.3. The van der Waals surface area contributed by atoms with E-state index in [1.54, 1.807) is 11.9 Å². The van der Waals surface area contributed by atoms with Gasteiger partial charge in [-0.25, -0.2) is 0 Å². The maximum absolute atomic E-state index is 12.7. The highest BCUT2D eigenvalue weighted by Crippen LogP contribution is 2.29. The second-order valence-corrected chi connectivity index (χ2v) is 6.95. The lowest BCUT2D eigenvalue weighted by Crippen LogP contribution is -2.45. The van der Waals surface area contributed by atoms with E-state index in [-0.39, 0.29) is 24.4 Å². The van der Waals surface area contributed by atoms with Crippen molar-refractivity contribution in [2.24, 2.45) is 0 Å². The smallest absolute Gasteiger partial charge is 0.242 e. The van der Waals surface area contributed by atoms with Crippen molar-refractivity contribution < 1.29 is 9.59 Å². The SMILES string of the molecule is CC1c2ccccc2CCN1C(=O)CN(C)C(=O)CCc1ccccc1. The Morgan fingerprint density at radius 2 is 1.77 bits per heavy atom. The van der Waals surface area contributed by atoms with E-state index in [9.17, 15) is 9.59 Å². The average molecular weight is 350 g/mol. The van der Waals surface area contributed by atoms with Gasteiger partial charge in [-0.15, -0.1) is 0 Å². The monoisotopic (exact) mass is 350 g/mol. The summed E-state index contributed by atoms with van der Waals surface area (Å²) in [5.74, 6) is 0.0230. The fourth-order valence-corrected chi connectivity index (χ4v) is 3.58. The molecule has 0 saturated carbocycles. The quantitative estimate of drug-likeness (QED) is 0.831. The van der Waals surface area contributed by atoms with E-state index in [2.05, 4.69) is 19.1 Å². The van der Waals surface area contributed by atoms with Crippen molar-refractivity contribution in [2.75, 3.05) is 20.1 Å². The zero-order valence-electron chi connectivity index (χ0n) is 15.5. The summed E-state index contributed by atoms with van der Waals surface area (Å²) in [7, 11) is 1.72. The number of nitrogens with zero attached hydrogens (tertiary/aromatic N) is 2. The first kappa shape index (κ1) is 18.2. The van der Waals surface area contributed by atoms with E-state index in [0.29, 0.717) is 19.4 Å². The molecule has 1 atom stereocenters. The Labute approximate surface area is 155 Å². The molecule has 1 aliphatic rings. The van der Waals surface area contributed by atoms with Gasteiger partial charge in [-0.3, -0.25) is 9.59 Å². The molecule has 0 aliphatic carbocycles. The fourth-order valence-electron chi connectivity index (χ4n) is 3.58. The van der Waals surface area contributed by atoms with Gasteiger partial charge in [0.05, 0.1) is 12.6 Å². The van der Waals surface area contributed by atoms with Crippen LogP contribution >= 0.6 is 0 Å². The number of hydrogen-bond donors (Lipinski definition) is 0. The molecule has 4 heteroatoms. The Morgan fingerprint density at radius 3 is 2.54 bits per heavy atom. The molecule has 0 fully saturated rings. The summed E-state index contributed by atoms with van der Waals surface area (Å²) >= 11 is 0. The van der Waals surface area contributed by atoms with E-state index in [1.807, 2.05) is 47.4 Å². The Balaban J connectivity index is 1.55. The van der Waals surface area contributed by atoms with Crippen LogP contribution in [0, 0.1) is 0 Å². The summed E-state index contributed by atoms with van der Waals surface area (Å²) in [4.78, 5) is 28.6. The molecular weight excluding hydrogens is 324 g/mol. The fraction of sp³-hybridized carbons (Fsp3) is 0.364. The first-order valence-electron chi connectivity index (χ1n) is 9.21. The molecule has 3 rings (SSSR count). The molecule has 1 aliphatic heterocycles. The van der Waals surface area contributed by atoms with Crippen LogP contribution in [0.4, 0.5) is 0 Å². The summed E-state index contributed by atoms with van der Waals surface area (Å²) in [6.07, 6.45) is 2.00. The van der Waals surface area contributed by atoms with Crippen molar-refractivity contribution in [1.29, 1.82) is 0 Å². The van der Waals surface area contributed by atoms with Crippen LogP contribution in [0.5, 0.6) is 0 Å². The van der Waals surface area contributed by atoms with Crippen LogP contribution in [0.25, 0.3) is 0 Å². The second-order valence-electron chi connectivity index (χ2n) is 6.95. The molecule has 0 spiro atoms. The van der Waals surface area contributed by atoms with Gasteiger partial charge in [-0.1, -0.05) is 54.6 Å². The minimum Gasteiger partial charge on any atom is -0.336 e. The van der Waals surface area contributed by atoms with Gasteiger partial charge in [-0.2, -0.15) is 0 Å². The van der Waals surface area contributed by atoms with E-state index in [4.69, 9.17) is 0 Å². The lowest BCUT2D eigenvalue weighted by atomic mass is 9.93. The van der Waals surface area contributed by atoms with E-state index in [1.165, 1.54) is 11.1 Å². The van der Waals surface area contributed by atoms with E-state index in [0.717, 1.165) is 12.0 Å². The highest BCUT2D eigenvalue weighted by molar-refractivity contribution is 5.85. The molecule has 0 radical (unpaired) electrons. The van der Waals surface area contributed by atoms with Gasteiger partial charge in [0.25, 0.3) is 0 Å². The molecule has 1 unspecified atom stereocenters. The van der Waals surface area contributed by atoms with Gasteiger partial charge in [0.1, 0.15) is 0 Å². The summed E-state index contributed by atoms with van der Waals surface area (Å²) in [5, 5.41) is 0. The van der Waals surface area contributed by atoms with Crippen molar-refractivity contribution in [3.8, 4) is 0 Å². The predicted molar refractivity (Wildman–Crippen MR) is 103 cm³/mol. The summed E-state index contributed by atoms with van der Waals surface area (Å²) in [6.45, 7) is 2.91. The molecule has 136 valence electrons. The molecule has 26 heavy (non-hydrogen) atoms. The van der Waals surface area contributed by atoms with E-state index >= 15 is 0 Å². The van der Waals surface area contributed by atoms with Gasteiger partial charge >= 0.3 is 0 Å². The van der Waals surface area contributed by atoms with Gasteiger partial charge in [0.15, 0.2) is 0 Å². The first-order chi connectivity index (χ1) is 12.6. The number of carbonyl (C=O) groups excluding carboxylic acids is 2. The topological polar surface area (TPSA) is 40.6 Å². The Morgan fingerprint density at radius 1 is 1.08 bits per heavy atom. The molecule has 2 amide bonds. The minimum atomic E-state index is 0.00673. The van der Waals surface area contributed by atoms with Crippen LogP contribution in [-0.4, -0.2) is 41.8 Å². The molecule has 0 aromatic heterocycles. The normalized spacial score (nSPS) is 16.1. The van der Waals surface area contributed by atoms with Gasteiger partial charge < -0.3 is 9.80 Å². The van der Waals surface area contributed by atoms with Crippen molar-refractivity contribution >= 4 is 11.8 Å². The third kappa shape index (κ3) is 4.13. The van der Waals surface area contributed by atoms with Gasteiger partial charge in [-0.05, 0) is 36.5 Å². The molecule has 0 bridgehead atoms. The standard InChI is InChI=1S/C22H26N2O2/c1-17-20-11-7-6-10-19(20)14-15-24(17)22(26)16-23(2)21(25)13-12-18-8-4-3-5-9-18/h3-11,17H,12-16H2,1-2H3. The minimum absolute atomic E-state index is 0.00673. The highest BCUT2D eigenvalue weighted by Gasteiger charge is 2.28. The number of amides is 2. The van der Waals surface area contributed by atoms with Crippen LogP contribution in [-0.2, 0) is 22.4 Å². The van der Waals surface area contributed by atoms with Gasteiger partial charge in [0.2, 0.25) is 11.8 Å². The number of rotatable bonds is 5. The second kappa shape index (κ2) is 8.17. The first-order valence-corrected chi connectivity index (χ1v) is 9.21. The predicted octanol–water partition coefficient (Wildman–Crippen LogP) is 3.22. The Hall–Kier alpha value is -2.62. The largest absolute Gasteiger partial charge is 0.336 e. The maximum atomic E-state index is 12.7. The van der Waals surface area contributed by atoms with Crippen LogP contribution in [0.1, 0.15) is 36.1 Å². The Bertz CT molecular complexity index is 773. The number of likely N-dealkylation sites (N-methyl/N-ethyl adjacent to an activating group) is 1. The molecule has 2 aromatic rings. The molecule has 0 N–H and O–H groups in total. The molecule has 1 heterocycles. The highest BCUT2D eigenvalue weighted by atomic mass is 16.2. The summed E-state index contributed by atoms with van der Waals surface area (Å²) in [5.41, 5.74) is 3.67. The maximum Gasteiger partial charge on any atom is 0.242 e. The van der Waals surface area contributed by atoms with Crippen LogP contribution in [0.3, 0.4) is 0 Å². The molecule has 2 aromatic carbocycles. The van der Waals surface area contributed by atoms with Crippen molar-refractivity contribution in [3.05, 3.63) is 71.3 Å². The Kier molecular flexibility index (Phi) is 5.71. The zero-order chi connectivity index (χ0) is 18.5. The lowest BCUT2D eigenvalue weighted by Gasteiger charge is -2.36. The molecule has 0 saturated heterocycles. The van der Waals surface area contributed by atoms with Crippen molar-refractivity contribution in [1.82, 2.24) is 9.80 Å². The third-order valence-corrected chi connectivity index (χ3v) is 5.18. The van der Waals surface area contributed by atoms with Gasteiger partial charge in [0, 0.05) is 20.0 Å².